The van der Waals surface area contributed by atoms with Crippen molar-refractivity contribution in [2.45, 2.75) is 13.0 Å². The molecule has 0 N–H and O–H groups in total. The van der Waals surface area contributed by atoms with Crippen LogP contribution in [0.2, 0.25) is 0 Å². The van der Waals surface area contributed by atoms with Crippen LogP contribution in [0.3, 0.4) is 0 Å². The van der Waals surface area contributed by atoms with Gasteiger partial charge in [0.05, 0.1) is 5.69 Å². The van der Waals surface area contributed by atoms with Crippen LogP contribution in [0.15, 0.2) is 69.9 Å². The van der Waals surface area contributed by atoms with Gasteiger partial charge in [-0.1, -0.05) is 46.3 Å². The molecule has 3 aromatic rings. The van der Waals surface area contributed by atoms with Crippen molar-refractivity contribution in [1.82, 2.24) is 9.78 Å². The summed E-state index contributed by atoms with van der Waals surface area (Å²) in [6.07, 6.45) is 0.836. The molecule has 1 aliphatic heterocycles. The molecule has 0 atom stereocenters. The maximum absolute atomic E-state index is 12.8. The summed E-state index contributed by atoms with van der Waals surface area (Å²) in [5.41, 5.74) is 3.33. The van der Waals surface area contributed by atoms with Crippen molar-refractivity contribution in [3.63, 3.8) is 0 Å². The Labute approximate surface area is 159 Å². The van der Waals surface area contributed by atoms with E-state index in [4.69, 9.17) is 0 Å². The number of hydrogen-bond acceptors (Lipinski definition) is 3. The molecular formula is C20H16BrN3O2. The van der Waals surface area contributed by atoms with Gasteiger partial charge >= 0.3 is 0 Å². The number of para-hydroxylation sites is 1. The minimum absolute atomic E-state index is 0.0744. The van der Waals surface area contributed by atoms with Gasteiger partial charge in [0.1, 0.15) is 6.54 Å². The van der Waals surface area contributed by atoms with Gasteiger partial charge in [-0.3, -0.25) is 9.59 Å². The average molecular weight is 410 g/mol. The summed E-state index contributed by atoms with van der Waals surface area (Å²) in [7, 11) is 0. The molecule has 0 spiro atoms. The number of fused-ring (bicyclic) bond motifs is 1. The van der Waals surface area contributed by atoms with Gasteiger partial charge in [0, 0.05) is 28.3 Å². The number of carbonyl (C=O) groups excluding carboxylic acids is 1. The second-order valence-electron chi connectivity index (χ2n) is 6.15. The molecule has 1 aromatic heterocycles. The van der Waals surface area contributed by atoms with Crippen molar-refractivity contribution in [1.29, 1.82) is 0 Å². The molecule has 0 saturated carbocycles. The van der Waals surface area contributed by atoms with Crippen molar-refractivity contribution >= 4 is 27.5 Å². The zero-order valence-corrected chi connectivity index (χ0v) is 15.5. The molecule has 130 valence electrons. The topological polar surface area (TPSA) is 55.2 Å². The van der Waals surface area contributed by atoms with Gasteiger partial charge in [-0.25, -0.2) is 4.68 Å². The van der Waals surface area contributed by atoms with Crippen LogP contribution in [-0.4, -0.2) is 22.2 Å². The lowest BCUT2D eigenvalue weighted by Crippen LogP contribution is -2.36. The summed E-state index contributed by atoms with van der Waals surface area (Å²) >= 11 is 3.44. The highest BCUT2D eigenvalue weighted by molar-refractivity contribution is 9.10. The van der Waals surface area contributed by atoms with E-state index >= 15 is 0 Å². The smallest absolute Gasteiger partial charge is 0.267 e. The van der Waals surface area contributed by atoms with E-state index < -0.39 is 0 Å². The molecule has 1 amide bonds. The van der Waals surface area contributed by atoms with E-state index in [2.05, 4.69) is 21.0 Å². The molecule has 5 nitrogen and oxygen atoms in total. The van der Waals surface area contributed by atoms with Crippen LogP contribution in [0.1, 0.15) is 5.56 Å². The summed E-state index contributed by atoms with van der Waals surface area (Å²) < 4.78 is 2.17. The minimum Gasteiger partial charge on any atom is -0.310 e. The van der Waals surface area contributed by atoms with Gasteiger partial charge in [-0.05, 0) is 36.2 Å². The Morgan fingerprint density at radius 3 is 2.77 bits per heavy atom. The highest BCUT2D eigenvalue weighted by atomic mass is 79.9. The second-order valence-corrected chi connectivity index (χ2v) is 7.06. The van der Waals surface area contributed by atoms with Gasteiger partial charge in [0.15, 0.2) is 0 Å². The number of aromatic nitrogens is 2. The molecule has 26 heavy (non-hydrogen) atoms. The van der Waals surface area contributed by atoms with Crippen LogP contribution in [0.4, 0.5) is 5.69 Å². The summed E-state index contributed by atoms with van der Waals surface area (Å²) in [6.45, 7) is 0.563. The molecule has 0 aliphatic carbocycles. The number of nitrogens with zero attached hydrogens (tertiary/aromatic N) is 3. The first-order valence-corrected chi connectivity index (χ1v) is 9.13. The first kappa shape index (κ1) is 16.7. The number of rotatable bonds is 3. The molecule has 0 bridgehead atoms. The summed E-state index contributed by atoms with van der Waals surface area (Å²) in [6, 6.07) is 18.7. The number of hydrogen-bond donors (Lipinski definition) is 0. The molecule has 6 heteroatoms. The van der Waals surface area contributed by atoms with E-state index in [1.807, 2.05) is 48.5 Å². The largest absolute Gasteiger partial charge is 0.310 e. The van der Waals surface area contributed by atoms with Crippen molar-refractivity contribution in [2.24, 2.45) is 0 Å². The molecule has 2 heterocycles. The fourth-order valence-corrected chi connectivity index (χ4v) is 3.57. The Kier molecular flexibility index (Phi) is 4.42. The average Bonchev–Trinajstić information content (AvgIpc) is 3.08. The Balaban J connectivity index is 1.62. The SMILES string of the molecule is O=C(Cn1nc(-c2cccc(Br)c2)ccc1=O)N1CCc2ccccc21. The predicted octanol–water partition coefficient (Wildman–Crippen LogP) is 3.26. The van der Waals surface area contributed by atoms with Crippen LogP contribution in [0.5, 0.6) is 0 Å². The molecule has 0 fully saturated rings. The third-order valence-electron chi connectivity index (χ3n) is 4.46. The molecule has 4 rings (SSSR count). The lowest BCUT2D eigenvalue weighted by Gasteiger charge is -2.17. The Bertz CT molecular complexity index is 1040. The molecule has 0 saturated heterocycles. The highest BCUT2D eigenvalue weighted by Crippen LogP contribution is 2.27. The molecule has 0 unspecified atom stereocenters. The molecule has 0 radical (unpaired) electrons. The zero-order valence-electron chi connectivity index (χ0n) is 13.9. The van der Waals surface area contributed by atoms with Crippen LogP contribution < -0.4 is 10.5 Å². The summed E-state index contributed by atoms with van der Waals surface area (Å²) in [5.74, 6) is -0.129. The van der Waals surface area contributed by atoms with E-state index in [-0.39, 0.29) is 18.0 Å². The third-order valence-corrected chi connectivity index (χ3v) is 4.95. The molecular weight excluding hydrogens is 394 g/mol. The number of amides is 1. The van der Waals surface area contributed by atoms with Gasteiger partial charge in [0.25, 0.3) is 5.56 Å². The van der Waals surface area contributed by atoms with E-state index in [0.29, 0.717) is 12.2 Å². The van der Waals surface area contributed by atoms with Crippen molar-refractivity contribution < 1.29 is 4.79 Å². The Morgan fingerprint density at radius 1 is 1.08 bits per heavy atom. The maximum atomic E-state index is 12.8. The monoisotopic (exact) mass is 409 g/mol. The lowest BCUT2D eigenvalue weighted by atomic mass is 10.1. The number of carbonyl (C=O) groups is 1. The highest BCUT2D eigenvalue weighted by Gasteiger charge is 2.24. The van der Waals surface area contributed by atoms with Crippen LogP contribution in [0, 0.1) is 0 Å². The number of benzene rings is 2. The van der Waals surface area contributed by atoms with E-state index in [9.17, 15) is 9.59 Å². The third kappa shape index (κ3) is 3.20. The second kappa shape index (κ2) is 6.88. The quantitative estimate of drug-likeness (QED) is 0.666. The molecule has 2 aromatic carbocycles. The minimum atomic E-state index is -0.287. The summed E-state index contributed by atoms with van der Waals surface area (Å²) in [5, 5.41) is 4.39. The first-order chi connectivity index (χ1) is 12.6. The van der Waals surface area contributed by atoms with Crippen LogP contribution >= 0.6 is 15.9 Å². The van der Waals surface area contributed by atoms with Crippen LogP contribution in [0.25, 0.3) is 11.3 Å². The van der Waals surface area contributed by atoms with Gasteiger partial charge in [-0.2, -0.15) is 5.10 Å². The van der Waals surface area contributed by atoms with Gasteiger partial charge < -0.3 is 4.90 Å². The number of anilines is 1. The van der Waals surface area contributed by atoms with E-state index in [0.717, 1.165) is 27.7 Å². The fraction of sp³-hybridized carbons (Fsp3) is 0.150. The first-order valence-electron chi connectivity index (χ1n) is 8.34. The van der Waals surface area contributed by atoms with Crippen LogP contribution in [-0.2, 0) is 17.8 Å². The normalized spacial score (nSPS) is 12.9. The number of halogens is 1. The fourth-order valence-electron chi connectivity index (χ4n) is 3.17. The summed E-state index contributed by atoms with van der Waals surface area (Å²) in [4.78, 5) is 26.7. The van der Waals surface area contributed by atoms with Crippen molar-refractivity contribution in [3.05, 3.63) is 81.1 Å². The van der Waals surface area contributed by atoms with Crippen molar-refractivity contribution in [2.75, 3.05) is 11.4 Å². The molecule has 1 aliphatic rings. The standard InChI is InChI=1S/C20H16BrN3O2/c21-16-6-3-5-15(12-16)17-8-9-19(25)24(22-17)13-20(26)23-11-10-14-4-1-2-7-18(14)23/h1-9,12H,10-11,13H2. The Hall–Kier alpha value is -2.73. The zero-order chi connectivity index (χ0) is 18.1. The maximum Gasteiger partial charge on any atom is 0.267 e. The predicted molar refractivity (Wildman–Crippen MR) is 104 cm³/mol. The van der Waals surface area contributed by atoms with E-state index in [1.54, 1.807) is 11.0 Å². The van der Waals surface area contributed by atoms with E-state index in [1.165, 1.54) is 10.7 Å². The van der Waals surface area contributed by atoms with Gasteiger partial charge in [0.2, 0.25) is 5.91 Å². The Morgan fingerprint density at radius 2 is 1.92 bits per heavy atom. The van der Waals surface area contributed by atoms with Gasteiger partial charge in [-0.15, -0.1) is 0 Å². The lowest BCUT2D eigenvalue weighted by molar-refractivity contribution is -0.119. The van der Waals surface area contributed by atoms with Crippen molar-refractivity contribution in [3.8, 4) is 11.3 Å².